The molecule has 0 aliphatic heterocycles. The minimum absolute atomic E-state index is 0.341. The predicted molar refractivity (Wildman–Crippen MR) is 114 cm³/mol. The number of primary amides is 1. The highest BCUT2D eigenvalue weighted by molar-refractivity contribution is 5.92. The van der Waals surface area contributed by atoms with Gasteiger partial charge in [-0.2, -0.15) is 13.2 Å². The van der Waals surface area contributed by atoms with E-state index in [9.17, 15) is 27.6 Å². The molecule has 7 nitrogen and oxygen atoms in total. The minimum atomic E-state index is -4.00. The maximum Gasteiger partial charge on any atom is 0.391 e. The molecule has 1 unspecified atom stereocenters. The van der Waals surface area contributed by atoms with Crippen molar-refractivity contribution in [1.82, 2.24) is 10.6 Å². The van der Waals surface area contributed by atoms with E-state index in [0.29, 0.717) is 12.8 Å². The van der Waals surface area contributed by atoms with E-state index in [-0.39, 0.29) is 5.91 Å². The number of nitrogens with two attached hydrogens (primary N) is 2. The summed E-state index contributed by atoms with van der Waals surface area (Å²) in [5, 5.41) is 5.15. The van der Waals surface area contributed by atoms with Crippen molar-refractivity contribution in [3.63, 3.8) is 0 Å². The van der Waals surface area contributed by atoms with Gasteiger partial charge >= 0.3 is 6.18 Å². The van der Waals surface area contributed by atoms with Crippen molar-refractivity contribution < 1.29 is 27.6 Å². The van der Waals surface area contributed by atoms with Gasteiger partial charge in [-0.1, -0.05) is 45.4 Å². The molecule has 31 heavy (non-hydrogen) atoms. The van der Waals surface area contributed by atoms with Gasteiger partial charge in [-0.3, -0.25) is 14.4 Å². The lowest BCUT2D eigenvalue weighted by atomic mass is 9.99. The second-order valence-corrected chi connectivity index (χ2v) is 7.75. The summed E-state index contributed by atoms with van der Waals surface area (Å²) in [5.41, 5.74) is 12.1. The molecule has 6 N–H and O–H groups in total. The largest absolute Gasteiger partial charge is 0.391 e. The van der Waals surface area contributed by atoms with Crippen LogP contribution in [0.15, 0.2) is 23.8 Å². The summed E-state index contributed by atoms with van der Waals surface area (Å²) in [4.78, 5) is 35.7. The van der Waals surface area contributed by atoms with Crippen LogP contribution in [0.2, 0.25) is 0 Å². The summed E-state index contributed by atoms with van der Waals surface area (Å²) in [6.07, 6.45) is 5.52. The Kier molecular flexibility index (Phi) is 12.8. The van der Waals surface area contributed by atoms with Crippen LogP contribution in [0.5, 0.6) is 0 Å². The average molecular weight is 449 g/mol. The van der Waals surface area contributed by atoms with Gasteiger partial charge in [0.25, 0.3) is 0 Å². The molecule has 178 valence electrons. The normalized spacial score (nSPS) is 16.4. The molecule has 0 aromatic rings. The molecule has 0 aromatic heterocycles. The summed E-state index contributed by atoms with van der Waals surface area (Å²) < 4.78 is 33.5. The summed E-state index contributed by atoms with van der Waals surface area (Å²) in [6, 6.07) is -2.25. The lowest BCUT2D eigenvalue weighted by Crippen LogP contribution is -2.54. The van der Waals surface area contributed by atoms with Crippen molar-refractivity contribution >= 4 is 17.7 Å². The van der Waals surface area contributed by atoms with Crippen molar-refractivity contribution in [3.05, 3.63) is 23.8 Å². The van der Waals surface area contributed by atoms with Crippen LogP contribution in [0.25, 0.3) is 0 Å². The van der Waals surface area contributed by atoms with Gasteiger partial charge in [-0.25, -0.2) is 0 Å². The topological polar surface area (TPSA) is 127 Å². The van der Waals surface area contributed by atoms with Gasteiger partial charge in [0.05, 0.1) is 6.04 Å². The van der Waals surface area contributed by atoms with E-state index < -0.39 is 42.0 Å². The highest BCUT2D eigenvalue weighted by Crippen LogP contribution is 2.24. The number of hydrogen-bond acceptors (Lipinski definition) is 4. The summed E-state index contributed by atoms with van der Waals surface area (Å²) >= 11 is 0. The summed E-state index contributed by atoms with van der Waals surface area (Å²) in [6.45, 7) is 5.72. The number of carbonyl (C=O) groups excluding carboxylic acids is 3. The third kappa shape index (κ3) is 12.2. The van der Waals surface area contributed by atoms with E-state index in [1.165, 1.54) is 0 Å². The quantitative estimate of drug-likeness (QED) is 0.432. The van der Waals surface area contributed by atoms with Crippen molar-refractivity contribution in [1.29, 1.82) is 0 Å². The molecule has 0 fully saturated rings. The lowest BCUT2D eigenvalue weighted by Gasteiger charge is -2.21. The molecular formula is C21H35F3N4O3. The number of nitrogens with one attached hydrogen (secondary N) is 2. The standard InChI is InChI=1S/C17H28N4O3.C4H7F3/c1-3-7-13(18)17(24)20-11(2)16(23)21-14(15(19)22)10-12-8-5-4-6-9-12;1-3(2)4(5,6)7/h5,8-9,11,13-14H,3-4,6-7,10,18H2,1-2H3,(H2,19,22)(H,20,24)(H,21,23);3H,1-2H3/t11-,13-,14?;/m0./s1. The molecule has 0 spiro atoms. The smallest absolute Gasteiger partial charge is 0.368 e. The molecule has 0 bridgehead atoms. The second kappa shape index (κ2) is 13.8. The van der Waals surface area contributed by atoms with E-state index in [1.807, 2.05) is 25.2 Å². The van der Waals surface area contributed by atoms with Crippen LogP contribution >= 0.6 is 0 Å². The Labute approximate surface area is 181 Å². The molecule has 1 aliphatic carbocycles. The van der Waals surface area contributed by atoms with E-state index in [2.05, 4.69) is 10.6 Å². The zero-order chi connectivity index (χ0) is 24.2. The number of carbonyl (C=O) groups is 3. The monoisotopic (exact) mass is 448 g/mol. The van der Waals surface area contributed by atoms with Gasteiger partial charge in [0.1, 0.15) is 12.1 Å². The first-order chi connectivity index (χ1) is 14.3. The highest BCUT2D eigenvalue weighted by atomic mass is 19.4. The summed E-state index contributed by atoms with van der Waals surface area (Å²) in [7, 11) is 0. The molecule has 1 rings (SSSR count). The van der Waals surface area contributed by atoms with Gasteiger partial charge in [-0.15, -0.1) is 0 Å². The maximum absolute atomic E-state index is 12.2. The maximum atomic E-state index is 12.2. The molecule has 3 amide bonds. The predicted octanol–water partition coefficient (Wildman–Crippen LogP) is 2.46. The molecule has 3 atom stereocenters. The number of hydrogen-bond donors (Lipinski definition) is 4. The van der Waals surface area contributed by atoms with Crippen molar-refractivity contribution in [3.8, 4) is 0 Å². The first-order valence-electron chi connectivity index (χ1n) is 10.4. The Morgan fingerprint density at radius 3 is 2.10 bits per heavy atom. The summed E-state index contributed by atoms with van der Waals surface area (Å²) in [5.74, 6) is -2.65. The van der Waals surface area contributed by atoms with Crippen molar-refractivity contribution in [2.24, 2.45) is 17.4 Å². The third-order valence-electron chi connectivity index (χ3n) is 4.51. The van der Waals surface area contributed by atoms with Crippen LogP contribution in [-0.4, -0.2) is 42.0 Å². The van der Waals surface area contributed by atoms with Gasteiger partial charge in [0, 0.05) is 12.3 Å². The molecule has 0 heterocycles. The zero-order valence-corrected chi connectivity index (χ0v) is 18.6. The van der Waals surface area contributed by atoms with Gasteiger partial charge < -0.3 is 22.1 Å². The molecule has 0 aromatic carbocycles. The van der Waals surface area contributed by atoms with E-state index in [0.717, 1.165) is 38.7 Å². The van der Waals surface area contributed by atoms with Crippen LogP contribution in [0.3, 0.4) is 0 Å². The Bertz CT molecular complexity index is 661. The number of amides is 3. The van der Waals surface area contributed by atoms with Crippen LogP contribution in [0.4, 0.5) is 13.2 Å². The molecule has 0 saturated heterocycles. The van der Waals surface area contributed by atoms with Gasteiger partial charge in [0.2, 0.25) is 17.7 Å². The van der Waals surface area contributed by atoms with Crippen LogP contribution < -0.4 is 22.1 Å². The van der Waals surface area contributed by atoms with E-state index in [4.69, 9.17) is 11.5 Å². The SMILES string of the molecule is CC(C)C(F)(F)F.CCC[C@H](N)C(=O)N[C@@H](C)C(=O)NC(CC1=CCCC=C1)C(N)=O. The van der Waals surface area contributed by atoms with E-state index >= 15 is 0 Å². The van der Waals surface area contributed by atoms with Gasteiger partial charge in [-0.05, 0) is 31.8 Å². The van der Waals surface area contributed by atoms with Gasteiger partial charge in [0.15, 0.2) is 0 Å². The fraction of sp³-hybridized carbons (Fsp3) is 0.667. The number of allylic oxidation sites excluding steroid dienone is 3. The number of halogens is 3. The fourth-order valence-corrected chi connectivity index (χ4v) is 2.40. The van der Waals surface area contributed by atoms with Crippen molar-refractivity contribution in [2.75, 3.05) is 0 Å². The molecule has 10 heteroatoms. The van der Waals surface area contributed by atoms with Crippen LogP contribution in [0.1, 0.15) is 59.8 Å². The first kappa shape index (κ1) is 28.6. The molecule has 0 radical (unpaired) electrons. The van der Waals surface area contributed by atoms with E-state index in [1.54, 1.807) is 6.92 Å². The minimum Gasteiger partial charge on any atom is -0.368 e. The van der Waals surface area contributed by atoms with Crippen LogP contribution in [0, 0.1) is 5.92 Å². The Morgan fingerprint density at radius 2 is 1.68 bits per heavy atom. The Balaban J connectivity index is 0.00000110. The second-order valence-electron chi connectivity index (χ2n) is 7.75. The van der Waals surface area contributed by atoms with Crippen LogP contribution in [-0.2, 0) is 14.4 Å². The van der Waals surface area contributed by atoms with Crippen molar-refractivity contribution in [2.45, 2.75) is 84.1 Å². The third-order valence-corrected chi connectivity index (χ3v) is 4.51. The zero-order valence-electron chi connectivity index (χ0n) is 18.6. The Hall–Kier alpha value is -2.36. The molecule has 0 saturated carbocycles. The fourth-order valence-electron chi connectivity index (χ4n) is 2.40. The number of alkyl halides is 3. The first-order valence-corrected chi connectivity index (χ1v) is 10.4. The molecule has 1 aliphatic rings. The average Bonchev–Trinajstić information content (AvgIpc) is 2.67. The highest BCUT2D eigenvalue weighted by Gasteiger charge is 2.31. The molecular weight excluding hydrogens is 413 g/mol. The number of rotatable bonds is 9. The lowest BCUT2D eigenvalue weighted by molar-refractivity contribution is -0.164. The Morgan fingerprint density at radius 1 is 1.10 bits per heavy atom.